The van der Waals surface area contributed by atoms with Gasteiger partial charge in [0, 0.05) is 18.8 Å². The molecule has 5 rings (SSSR count). The maximum Gasteiger partial charge on any atom is 0.302 e. The Balaban J connectivity index is 1.41. The number of methoxy groups -OCH3 is 1. The number of hydrogen-bond acceptors (Lipinski definition) is 4. The molecule has 0 N–H and O–H groups in total. The lowest BCUT2D eigenvalue weighted by Gasteiger charge is -2.56. The summed E-state index contributed by atoms with van der Waals surface area (Å²) in [6.45, 7) is 6.18. The zero-order valence-electron chi connectivity index (χ0n) is 20.7. The van der Waals surface area contributed by atoms with Crippen LogP contribution >= 0.6 is 22.6 Å². The van der Waals surface area contributed by atoms with E-state index >= 15 is 0 Å². The second kappa shape index (κ2) is 8.79. The molecule has 0 bridgehead atoms. The minimum atomic E-state index is -0.247. The molecule has 0 aromatic heterocycles. The lowest BCUT2D eigenvalue weighted by molar-refractivity contribution is -0.148. The summed E-state index contributed by atoms with van der Waals surface area (Å²) in [6.07, 6.45) is 11.5. The summed E-state index contributed by atoms with van der Waals surface area (Å²) in [7, 11) is 1.69. The van der Waals surface area contributed by atoms with Crippen molar-refractivity contribution in [2.75, 3.05) is 7.11 Å². The molecule has 1 aromatic rings. The van der Waals surface area contributed by atoms with Crippen molar-refractivity contribution in [3.05, 3.63) is 44.6 Å². The Morgan fingerprint density at radius 3 is 2.59 bits per heavy atom. The Labute approximate surface area is 216 Å². The second-order valence-corrected chi connectivity index (χ2v) is 12.4. The van der Waals surface area contributed by atoms with Crippen molar-refractivity contribution in [3.63, 3.8) is 0 Å². The number of halogens is 1. The van der Waals surface area contributed by atoms with Gasteiger partial charge in [0.05, 0.1) is 10.7 Å². The Bertz CT molecular complexity index is 1090. The number of carbonyl (C=O) groups excluding carboxylic acids is 2. The van der Waals surface area contributed by atoms with E-state index in [9.17, 15) is 9.59 Å². The summed E-state index contributed by atoms with van der Waals surface area (Å²) >= 11 is 2.29. The summed E-state index contributed by atoms with van der Waals surface area (Å²) < 4.78 is 12.0. The molecule has 0 spiro atoms. The number of hydrogen-bond donors (Lipinski definition) is 0. The molecule has 34 heavy (non-hydrogen) atoms. The van der Waals surface area contributed by atoms with E-state index in [1.807, 2.05) is 12.1 Å². The molecule has 4 nitrogen and oxygen atoms in total. The molecule has 0 aliphatic heterocycles. The normalized spacial score (nSPS) is 38.0. The van der Waals surface area contributed by atoms with Crippen LogP contribution in [0.1, 0.15) is 71.3 Å². The molecular formula is C29H35IO4. The Morgan fingerprint density at radius 2 is 1.88 bits per heavy atom. The van der Waals surface area contributed by atoms with Crippen molar-refractivity contribution >= 4 is 40.4 Å². The maximum atomic E-state index is 13.7. The molecule has 3 fully saturated rings. The van der Waals surface area contributed by atoms with Crippen LogP contribution in [0.15, 0.2) is 35.4 Å². The summed E-state index contributed by atoms with van der Waals surface area (Å²) in [4.78, 5) is 25.2. The number of ether oxygens (including phenoxy) is 2. The highest BCUT2D eigenvalue weighted by Crippen LogP contribution is 2.64. The van der Waals surface area contributed by atoms with Gasteiger partial charge in [0.2, 0.25) is 0 Å². The number of allylic oxidation sites excluding steroid dienone is 2. The molecule has 182 valence electrons. The second-order valence-electron chi connectivity index (χ2n) is 11.3. The van der Waals surface area contributed by atoms with Crippen molar-refractivity contribution in [2.45, 2.75) is 71.8 Å². The first-order valence-corrected chi connectivity index (χ1v) is 13.7. The van der Waals surface area contributed by atoms with Gasteiger partial charge >= 0.3 is 5.97 Å². The van der Waals surface area contributed by atoms with E-state index in [4.69, 9.17) is 9.47 Å². The zero-order chi connectivity index (χ0) is 24.3. The lowest BCUT2D eigenvalue weighted by atomic mass is 9.48. The zero-order valence-corrected chi connectivity index (χ0v) is 22.8. The van der Waals surface area contributed by atoms with Crippen LogP contribution in [0.3, 0.4) is 0 Å². The van der Waals surface area contributed by atoms with Crippen LogP contribution < -0.4 is 4.74 Å². The maximum absolute atomic E-state index is 13.7. The number of esters is 1. The number of fused-ring (bicyclic) bond motifs is 5. The third-order valence-electron chi connectivity index (χ3n) is 9.55. The monoisotopic (exact) mass is 574 g/mol. The first-order valence-electron chi connectivity index (χ1n) is 12.6. The number of carbonyl (C=O) groups is 2. The van der Waals surface area contributed by atoms with Gasteiger partial charge < -0.3 is 9.47 Å². The van der Waals surface area contributed by atoms with Gasteiger partial charge in [-0.05, 0) is 114 Å². The van der Waals surface area contributed by atoms with Crippen LogP contribution in [0.25, 0.3) is 6.08 Å². The van der Waals surface area contributed by atoms with Crippen molar-refractivity contribution < 1.29 is 19.1 Å². The molecule has 0 unspecified atom stereocenters. The summed E-state index contributed by atoms with van der Waals surface area (Å²) in [5.74, 6) is 2.61. The highest BCUT2D eigenvalue weighted by atomic mass is 127. The van der Waals surface area contributed by atoms with Gasteiger partial charge in [0.25, 0.3) is 0 Å². The van der Waals surface area contributed by atoms with Crippen LogP contribution in [0.5, 0.6) is 5.75 Å². The number of ketones is 1. The molecule has 3 saturated carbocycles. The molecule has 0 amide bonds. The first-order chi connectivity index (χ1) is 16.2. The fourth-order valence-electron chi connectivity index (χ4n) is 7.74. The Hall–Kier alpha value is -1.63. The van der Waals surface area contributed by atoms with E-state index in [0.29, 0.717) is 23.5 Å². The standard InChI is InChI=1S/C29H35IO4/c1-17(31)34-21-9-11-28(2)20(16-21)6-7-22-23(28)10-12-29(3)24(22)15-19(27(29)32)13-18-5-8-26(33-4)25(30)14-18/h5-6,8,13-14,21-24H,7,9-12,15-16H2,1-4H3/t21-,22+,23-,24-,28-,29-/m0/s1. The molecular weight excluding hydrogens is 539 g/mol. The minimum absolute atomic E-state index is 0.0251. The van der Waals surface area contributed by atoms with Gasteiger partial charge in [-0.15, -0.1) is 0 Å². The van der Waals surface area contributed by atoms with Gasteiger partial charge in [-0.25, -0.2) is 0 Å². The predicted octanol–water partition coefficient (Wildman–Crippen LogP) is 6.76. The molecule has 5 heteroatoms. The Morgan fingerprint density at radius 1 is 1.12 bits per heavy atom. The van der Waals surface area contributed by atoms with Crippen LogP contribution in [0, 0.1) is 32.2 Å². The van der Waals surface area contributed by atoms with Crippen molar-refractivity contribution in [3.8, 4) is 5.75 Å². The number of Topliss-reactive ketones (excluding diaryl/α,β-unsaturated/α-hetero) is 1. The molecule has 0 saturated heterocycles. The summed E-state index contributed by atoms with van der Waals surface area (Å²) in [5.41, 5.74) is 3.48. The number of rotatable bonds is 3. The topological polar surface area (TPSA) is 52.6 Å². The quantitative estimate of drug-likeness (QED) is 0.173. The third-order valence-corrected chi connectivity index (χ3v) is 10.4. The van der Waals surface area contributed by atoms with Gasteiger partial charge in [-0.1, -0.05) is 31.6 Å². The van der Waals surface area contributed by atoms with E-state index in [1.165, 1.54) is 12.5 Å². The summed E-state index contributed by atoms with van der Waals surface area (Å²) in [6, 6.07) is 6.14. The van der Waals surface area contributed by atoms with Crippen LogP contribution in [-0.4, -0.2) is 25.0 Å². The van der Waals surface area contributed by atoms with E-state index in [2.05, 4.69) is 54.7 Å². The molecule has 0 heterocycles. The number of benzene rings is 1. The van der Waals surface area contributed by atoms with Crippen molar-refractivity contribution in [2.24, 2.45) is 28.6 Å². The molecule has 4 aliphatic carbocycles. The Kier molecular flexibility index (Phi) is 6.23. The minimum Gasteiger partial charge on any atom is -0.496 e. The van der Waals surface area contributed by atoms with E-state index < -0.39 is 0 Å². The average Bonchev–Trinajstić information content (AvgIpc) is 3.04. The van der Waals surface area contributed by atoms with E-state index in [0.717, 1.165) is 65.4 Å². The molecule has 0 radical (unpaired) electrons. The van der Waals surface area contributed by atoms with E-state index in [1.54, 1.807) is 7.11 Å². The van der Waals surface area contributed by atoms with Crippen molar-refractivity contribution in [1.29, 1.82) is 0 Å². The smallest absolute Gasteiger partial charge is 0.302 e. The summed E-state index contributed by atoms with van der Waals surface area (Å²) in [5, 5.41) is 0. The molecule has 1 aromatic carbocycles. The largest absolute Gasteiger partial charge is 0.496 e. The van der Waals surface area contributed by atoms with Gasteiger partial charge in [-0.2, -0.15) is 0 Å². The SMILES string of the molecule is COc1ccc(C=C2C[C@H]3[C@@H]4CC=C5C[C@@H](OC(C)=O)CC[C@]5(C)[C@H]4CC[C@]3(C)C2=O)cc1I. The molecule has 6 atom stereocenters. The highest BCUT2D eigenvalue weighted by molar-refractivity contribution is 14.1. The predicted molar refractivity (Wildman–Crippen MR) is 141 cm³/mol. The van der Waals surface area contributed by atoms with E-state index in [-0.39, 0.29) is 22.9 Å². The van der Waals surface area contributed by atoms with Gasteiger partial charge in [0.15, 0.2) is 5.78 Å². The average molecular weight is 574 g/mol. The van der Waals surface area contributed by atoms with Gasteiger partial charge in [0.1, 0.15) is 11.9 Å². The van der Waals surface area contributed by atoms with Gasteiger partial charge in [-0.3, -0.25) is 9.59 Å². The fraction of sp³-hybridized carbons (Fsp3) is 0.586. The van der Waals surface area contributed by atoms with Crippen LogP contribution in [0.2, 0.25) is 0 Å². The van der Waals surface area contributed by atoms with Crippen LogP contribution in [-0.2, 0) is 14.3 Å². The fourth-order valence-corrected chi connectivity index (χ4v) is 8.50. The molecule has 4 aliphatic rings. The third kappa shape index (κ3) is 3.86. The highest BCUT2D eigenvalue weighted by Gasteiger charge is 2.60. The van der Waals surface area contributed by atoms with Crippen molar-refractivity contribution in [1.82, 2.24) is 0 Å². The van der Waals surface area contributed by atoms with Crippen LogP contribution in [0.4, 0.5) is 0 Å². The first kappa shape index (κ1) is 24.1. The lowest BCUT2D eigenvalue weighted by Crippen LogP contribution is -2.50.